The van der Waals surface area contributed by atoms with Crippen molar-refractivity contribution in [3.63, 3.8) is 0 Å². The predicted octanol–water partition coefficient (Wildman–Crippen LogP) is 3.62. The van der Waals surface area contributed by atoms with E-state index in [9.17, 15) is 14.9 Å². The fraction of sp³-hybridized carbons (Fsp3) is 0.263. The van der Waals surface area contributed by atoms with E-state index in [-0.39, 0.29) is 18.0 Å². The number of carbonyl (C=O) groups is 1. The zero-order valence-electron chi connectivity index (χ0n) is 15.3. The molecule has 3 aromatic rings. The van der Waals surface area contributed by atoms with Gasteiger partial charge in [-0.3, -0.25) is 14.9 Å². The number of nitro benzene ring substituents is 1. The Hall–Kier alpha value is -3.00. The predicted molar refractivity (Wildman–Crippen MR) is 104 cm³/mol. The summed E-state index contributed by atoms with van der Waals surface area (Å²) in [6.45, 7) is 4.41. The highest BCUT2D eigenvalue weighted by molar-refractivity contribution is 7.16. The molecule has 0 aliphatic rings. The highest BCUT2D eigenvalue weighted by Crippen LogP contribution is 2.23. The van der Waals surface area contributed by atoms with E-state index in [0.717, 1.165) is 21.6 Å². The number of aromatic nitrogens is 1. The summed E-state index contributed by atoms with van der Waals surface area (Å²) in [6, 6.07) is 10.3. The molecule has 0 aliphatic heterocycles. The number of amides is 1. The molecule has 0 N–H and O–H groups in total. The molecular weight excluding hydrogens is 366 g/mol. The number of benzene rings is 2. The van der Waals surface area contributed by atoms with Crippen LogP contribution in [0.5, 0.6) is 5.75 Å². The van der Waals surface area contributed by atoms with Gasteiger partial charge in [0.15, 0.2) is 4.80 Å². The smallest absolute Gasteiger partial charge is 0.271 e. The van der Waals surface area contributed by atoms with E-state index >= 15 is 0 Å². The number of nitrogens with zero attached hydrogens (tertiary/aromatic N) is 3. The van der Waals surface area contributed by atoms with E-state index in [1.54, 1.807) is 13.2 Å². The standard InChI is InChI=1S/C19H19N3O4S/c1-4-21-15-11-14(22(24)25)6-8-17(15)27-19(21)20-18(23)10-13-5-7-16(26-3)12(2)9-13/h5-9,11H,4,10H2,1-3H3. The molecule has 0 atom stereocenters. The lowest BCUT2D eigenvalue weighted by atomic mass is 10.1. The highest BCUT2D eigenvalue weighted by Gasteiger charge is 2.12. The summed E-state index contributed by atoms with van der Waals surface area (Å²) in [4.78, 5) is 27.8. The van der Waals surface area contributed by atoms with Gasteiger partial charge in [-0.1, -0.05) is 23.5 Å². The monoisotopic (exact) mass is 385 g/mol. The maximum atomic E-state index is 12.5. The molecule has 3 rings (SSSR count). The first-order chi connectivity index (χ1) is 12.9. The van der Waals surface area contributed by atoms with E-state index in [1.165, 1.54) is 23.5 Å². The number of hydrogen-bond acceptors (Lipinski definition) is 5. The van der Waals surface area contributed by atoms with Crippen LogP contribution in [0.15, 0.2) is 41.4 Å². The van der Waals surface area contributed by atoms with Crippen molar-refractivity contribution < 1.29 is 14.5 Å². The van der Waals surface area contributed by atoms with E-state index in [2.05, 4.69) is 4.99 Å². The van der Waals surface area contributed by atoms with Crippen molar-refractivity contribution >= 4 is 33.1 Å². The molecule has 0 saturated heterocycles. The third kappa shape index (κ3) is 3.90. The third-order valence-corrected chi connectivity index (χ3v) is 5.29. The van der Waals surface area contributed by atoms with Crippen molar-refractivity contribution in [1.29, 1.82) is 0 Å². The Labute approximate surface area is 159 Å². The summed E-state index contributed by atoms with van der Waals surface area (Å²) >= 11 is 1.35. The van der Waals surface area contributed by atoms with Crippen molar-refractivity contribution in [3.05, 3.63) is 62.4 Å². The van der Waals surface area contributed by atoms with Gasteiger partial charge in [-0.05, 0) is 37.1 Å². The van der Waals surface area contributed by atoms with Crippen LogP contribution >= 0.6 is 11.3 Å². The number of carbonyl (C=O) groups excluding carboxylic acids is 1. The maximum Gasteiger partial charge on any atom is 0.271 e. The number of thiazole rings is 1. The summed E-state index contributed by atoms with van der Waals surface area (Å²) in [7, 11) is 1.61. The van der Waals surface area contributed by atoms with Gasteiger partial charge < -0.3 is 9.30 Å². The molecule has 2 aromatic carbocycles. The lowest BCUT2D eigenvalue weighted by Gasteiger charge is -2.06. The van der Waals surface area contributed by atoms with Gasteiger partial charge in [0.25, 0.3) is 11.6 Å². The van der Waals surface area contributed by atoms with Crippen LogP contribution in [-0.4, -0.2) is 22.5 Å². The summed E-state index contributed by atoms with van der Waals surface area (Å²) < 4.78 is 7.91. The Morgan fingerprint density at radius 2 is 2.07 bits per heavy atom. The van der Waals surface area contributed by atoms with Crippen LogP contribution in [0.2, 0.25) is 0 Å². The molecule has 0 unspecified atom stereocenters. The largest absolute Gasteiger partial charge is 0.496 e. The summed E-state index contributed by atoms with van der Waals surface area (Å²) in [5, 5.41) is 11.0. The second-order valence-corrected chi connectivity index (χ2v) is 7.03. The molecule has 0 bridgehead atoms. The van der Waals surface area contributed by atoms with Crippen LogP contribution < -0.4 is 9.54 Å². The van der Waals surface area contributed by atoms with Crippen molar-refractivity contribution in [2.75, 3.05) is 7.11 Å². The Morgan fingerprint density at radius 3 is 2.70 bits per heavy atom. The van der Waals surface area contributed by atoms with Gasteiger partial charge >= 0.3 is 0 Å². The van der Waals surface area contributed by atoms with Gasteiger partial charge in [0.05, 0.1) is 28.7 Å². The van der Waals surface area contributed by atoms with Gasteiger partial charge in [0.1, 0.15) is 5.75 Å². The molecule has 0 fully saturated rings. The molecule has 0 saturated carbocycles. The zero-order chi connectivity index (χ0) is 19.6. The van der Waals surface area contributed by atoms with Gasteiger partial charge in [0.2, 0.25) is 0 Å². The van der Waals surface area contributed by atoms with Crippen LogP contribution in [0.4, 0.5) is 5.69 Å². The third-order valence-electron chi connectivity index (χ3n) is 4.23. The fourth-order valence-electron chi connectivity index (χ4n) is 2.93. The average molecular weight is 385 g/mol. The number of ether oxygens (including phenoxy) is 1. The molecule has 1 amide bonds. The number of methoxy groups -OCH3 is 1. The molecular formula is C19H19N3O4S. The van der Waals surface area contributed by atoms with E-state index in [0.29, 0.717) is 16.9 Å². The van der Waals surface area contributed by atoms with Gasteiger partial charge in [-0.25, -0.2) is 0 Å². The number of non-ortho nitro benzene ring substituents is 1. The Morgan fingerprint density at radius 1 is 1.30 bits per heavy atom. The van der Waals surface area contributed by atoms with Crippen molar-refractivity contribution in [3.8, 4) is 5.75 Å². The fourth-order valence-corrected chi connectivity index (χ4v) is 4.02. The van der Waals surface area contributed by atoms with Crippen LogP contribution in [0.1, 0.15) is 18.1 Å². The van der Waals surface area contributed by atoms with Crippen molar-refractivity contribution in [2.45, 2.75) is 26.8 Å². The maximum absolute atomic E-state index is 12.5. The van der Waals surface area contributed by atoms with Crippen LogP contribution in [0.25, 0.3) is 10.2 Å². The Kier molecular flexibility index (Phi) is 5.36. The lowest BCUT2D eigenvalue weighted by Crippen LogP contribution is -2.16. The number of hydrogen-bond donors (Lipinski definition) is 0. The average Bonchev–Trinajstić information content (AvgIpc) is 2.97. The number of nitro groups is 1. The Bertz CT molecular complexity index is 1100. The van der Waals surface area contributed by atoms with Gasteiger partial charge in [-0.2, -0.15) is 4.99 Å². The second-order valence-electron chi connectivity index (χ2n) is 6.02. The highest BCUT2D eigenvalue weighted by atomic mass is 32.1. The molecule has 0 radical (unpaired) electrons. The normalized spacial score (nSPS) is 11.7. The van der Waals surface area contributed by atoms with Gasteiger partial charge in [-0.15, -0.1) is 0 Å². The molecule has 1 aromatic heterocycles. The number of fused-ring (bicyclic) bond motifs is 1. The lowest BCUT2D eigenvalue weighted by molar-refractivity contribution is -0.384. The first-order valence-electron chi connectivity index (χ1n) is 8.41. The molecule has 8 heteroatoms. The molecule has 0 aliphatic carbocycles. The summed E-state index contributed by atoms with van der Waals surface area (Å²) in [5.74, 6) is 0.515. The second kappa shape index (κ2) is 7.71. The number of aryl methyl sites for hydroxylation is 2. The summed E-state index contributed by atoms with van der Waals surface area (Å²) in [5.41, 5.74) is 2.56. The molecule has 0 spiro atoms. The van der Waals surface area contributed by atoms with E-state index in [4.69, 9.17) is 4.74 Å². The minimum Gasteiger partial charge on any atom is -0.496 e. The molecule has 27 heavy (non-hydrogen) atoms. The Balaban J connectivity index is 1.96. The SMILES string of the molecule is CCn1c(=NC(=O)Cc2ccc(OC)c(C)c2)sc2ccc([N+](=O)[O-])cc21. The van der Waals surface area contributed by atoms with Crippen LogP contribution in [0, 0.1) is 17.0 Å². The first-order valence-corrected chi connectivity index (χ1v) is 9.23. The van der Waals surface area contributed by atoms with Crippen LogP contribution in [0.3, 0.4) is 0 Å². The van der Waals surface area contributed by atoms with E-state index in [1.807, 2.05) is 36.6 Å². The van der Waals surface area contributed by atoms with E-state index < -0.39 is 4.92 Å². The summed E-state index contributed by atoms with van der Waals surface area (Å²) in [6.07, 6.45) is 0.183. The minimum atomic E-state index is -0.426. The quantitative estimate of drug-likeness (QED) is 0.496. The van der Waals surface area contributed by atoms with Crippen LogP contribution in [-0.2, 0) is 17.8 Å². The number of rotatable bonds is 5. The topological polar surface area (TPSA) is 86.7 Å². The molecule has 1 heterocycles. The molecule has 7 nitrogen and oxygen atoms in total. The van der Waals surface area contributed by atoms with Crippen molar-refractivity contribution in [2.24, 2.45) is 4.99 Å². The van der Waals surface area contributed by atoms with Crippen molar-refractivity contribution in [1.82, 2.24) is 4.57 Å². The first kappa shape index (κ1) is 18.8. The van der Waals surface area contributed by atoms with Gasteiger partial charge in [0, 0.05) is 18.7 Å². The zero-order valence-corrected chi connectivity index (χ0v) is 16.1. The minimum absolute atomic E-state index is 0.0223. The molecule has 140 valence electrons.